The van der Waals surface area contributed by atoms with Gasteiger partial charge in [-0.2, -0.15) is 10.1 Å². The molecular formula is C27H35N7O4. The summed E-state index contributed by atoms with van der Waals surface area (Å²) >= 11 is 0. The standard InChI is InChI=1S/C27H35N7O4/c1-16-14-34(15-17(2)38-16)26-30-21-13-28-32-25(36)22(21)24(31-26)29-19-5-7-20(8-6-19)33-11-9-18(10-12-33)23(35)27(3,4)37/h5-8,13,16-18,37H,9-12,14-15H2,1-4H3,(H,32,36)(H,29,30,31). The molecule has 2 unspecified atom stereocenters. The molecule has 2 aromatic heterocycles. The summed E-state index contributed by atoms with van der Waals surface area (Å²) in [5.41, 5.74) is 0.651. The van der Waals surface area contributed by atoms with E-state index in [-0.39, 0.29) is 29.5 Å². The number of nitrogens with zero attached hydrogens (tertiary/aromatic N) is 5. The van der Waals surface area contributed by atoms with Crippen molar-refractivity contribution in [3.63, 3.8) is 0 Å². The van der Waals surface area contributed by atoms with Crippen molar-refractivity contribution in [2.45, 2.75) is 58.3 Å². The van der Waals surface area contributed by atoms with Gasteiger partial charge in [0.15, 0.2) is 5.78 Å². The third-order valence-corrected chi connectivity index (χ3v) is 7.17. The first-order valence-corrected chi connectivity index (χ1v) is 13.1. The number of carbonyl (C=O) groups is 1. The highest BCUT2D eigenvalue weighted by atomic mass is 16.5. The smallest absolute Gasteiger partial charge is 0.277 e. The molecule has 202 valence electrons. The van der Waals surface area contributed by atoms with Gasteiger partial charge in [-0.15, -0.1) is 0 Å². The summed E-state index contributed by atoms with van der Waals surface area (Å²) in [5.74, 6) is 0.741. The fourth-order valence-electron chi connectivity index (χ4n) is 5.36. The fraction of sp³-hybridized carbons (Fsp3) is 0.519. The third kappa shape index (κ3) is 5.48. The van der Waals surface area contributed by atoms with Crippen molar-refractivity contribution >= 4 is 39.8 Å². The van der Waals surface area contributed by atoms with Gasteiger partial charge in [0.25, 0.3) is 5.56 Å². The van der Waals surface area contributed by atoms with Gasteiger partial charge in [0.2, 0.25) is 5.95 Å². The Kier molecular flexibility index (Phi) is 7.06. The molecule has 0 bridgehead atoms. The molecule has 2 fully saturated rings. The summed E-state index contributed by atoms with van der Waals surface area (Å²) in [7, 11) is 0. The molecule has 0 spiro atoms. The van der Waals surface area contributed by atoms with Crippen LogP contribution in [-0.4, -0.2) is 75.0 Å². The second kappa shape index (κ2) is 10.3. The number of rotatable bonds is 6. The topological polar surface area (TPSA) is 137 Å². The second-order valence-corrected chi connectivity index (χ2v) is 10.9. The van der Waals surface area contributed by atoms with Crippen molar-refractivity contribution in [3.8, 4) is 0 Å². The Balaban J connectivity index is 1.35. The Morgan fingerprint density at radius 3 is 2.37 bits per heavy atom. The molecule has 0 amide bonds. The predicted molar refractivity (Wildman–Crippen MR) is 146 cm³/mol. The molecule has 2 saturated heterocycles. The number of aliphatic hydroxyl groups is 1. The Labute approximate surface area is 221 Å². The average molecular weight is 522 g/mol. The molecule has 3 aromatic rings. The number of benzene rings is 1. The first-order chi connectivity index (χ1) is 18.1. The molecule has 11 heteroatoms. The van der Waals surface area contributed by atoms with E-state index in [1.165, 1.54) is 6.20 Å². The van der Waals surface area contributed by atoms with Crippen LogP contribution in [0.1, 0.15) is 40.5 Å². The molecule has 2 aliphatic heterocycles. The maximum atomic E-state index is 12.7. The number of carbonyl (C=O) groups excluding carboxylic acids is 1. The lowest BCUT2D eigenvalue weighted by Gasteiger charge is -2.35. The number of ketones is 1. The number of fused-ring (bicyclic) bond motifs is 1. The molecule has 3 N–H and O–H groups in total. The minimum Gasteiger partial charge on any atom is -0.383 e. The van der Waals surface area contributed by atoms with Gasteiger partial charge in [0.1, 0.15) is 22.3 Å². The number of hydrogen-bond acceptors (Lipinski definition) is 10. The number of ether oxygens (including phenoxy) is 1. The average Bonchev–Trinajstić information content (AvgIpc) is 2.87. The van der Waals surface area contributed by atoms with E-state index in [9.17, 15) is 14.7 Å². The lowest BCUT2D eigenvalue weighted by molar-refractivity contribution is -0.139. The number of anilines is 4. The second-order valence-electron chi connectivity index (χ2n) is 10.9. The summed E-state index contributed by atoms with van der Waals surface area (Å²) in [6.45, 7) is 9.95. The Morgan fingerprint density at radius 2 is 1.74 bits per heavy atom. The maximum absolute atomic E-state index is 12.7. The van der Waals surface area contributed by atoms with Gasteiger partial charge in [0.05, 0.1) is 18.4 Å². The molecule has 11 nitrogen and oxygen atoms in total. The minimum absolute atomic E-state index is 0.0395. The summed E-state index contributed by atoms with van der Waals surface area (Å²) in [6, 6.07) is 7.93. The van der Waals surface area contributed by atoms with Crippen LogP contribution in [0.4, 0.5) is 23.1 Å². The van der Waals surface area contributed by atoms with Crippen molar-refractivity contribution in [1.82, 2.24) is 20.2 Å². The van der Waals surface area contributed by atoms with Gasteiger partial charge in [-0.1, -0.05) is 0 Å². The Hall–Kier alpha value is -3.57. The highest BCUT2D eigenvalue weighted by molar-refractivity contribution is 5.90. The van der Waals surface area contributed by atoms with E-state index in [0.29, 0.717) is 48.6 Å². The van der Waals surface area contributed by atoms with Gasteiger partial charge in [-0.05, 0) is 64.8 Å². The Morgan fingerprint density at radius 1 is 1.08 bits per heavy atom. The molecule has 5 rings (SSSR count). The number of aromatic amines is 1. The lowest BCUT2D eigenvalue weighted by atomic mass is 9.85. The number of aromatic nitrogens is 4. The van der Waals surface area contributed by atoms with Crippen LogP contribution < -0.4 is 20.7 Å². The number of hydrogen-bond donors (Lipinski definition) is 3. The van der Waals surface area contributed by atoms with Crippen molar-refractivity contribution < 1.29 is 14.6 Å². The van der Waals surface area contributed by atoms with Gasteiger partial charge >= 0.3 is 0 Å². The van der Waals surface area contributed by atoms with E-state index < -0.39 is 5.60 Å². The van der Waals surface area contributed by atoms with Crippen molar-refractivity contribution in [2.24, 2.45) is 5.92 Å². The van der Waals surface area contributed by atoms with Gasteiger partial charge in [-0.3, -0.25) is 9.59 Å². The van der Waals surface area contributed by atoms with Crippen molar-refractivity contribution in [1.29, 1.82) is 0 Å². The maximum Gasteiger partial charge on any atom is 0.277 e. The van der Waals surface area contributed by atoms with Gasteiger partial charge in [-0.25, -0.2) is 10.1 Å². The molecule has 0 radical (unpaired) electrons. The van der Waals surface area contributed by atoms with E-state index in [4.69, 9.17) is 9.72 Å². The number of piperidine rings is 1. The van der Waals surface area contributed by atoms with Gasteiger partial charge < -0.3 is 25.0 Å². The number of Topliss-reactive ketones (excluding diaryl/α,β-unsaturated/α-hetero) is 1. The number of nitrogens with one attached hydrogen (secondary N) is 2. The SMILES string of the molecule is CC1CN(c2nc(Nc3ccc(N4CCC(C(=O)C(C)(C)O)CC4)cc3)c3c(=O)[nH]ncc3n2)CC(C)O1. The van der Waals surface area contributed by atoms with Gasteiger partial charge in [0, 0.05) is 43.5 Å². The van der Waals surface area contributed by atoms with E-state index in [1.807, 2.05) is 38.1 Å². The van der Waals surface area contributed by atoms with Crippen LogP contribution in [0.3, 0.4) is 0 Å². The first-order valence-electron chi connectivity index (χ1n) is 13.1. The van der Waals surface area contributed by atoms with E-state index in [2.05, 4.69) is 30.3 Å². The lowest BCUT2D eigenvalue weighted by Crippen LogP contribution is -2.46. The molecule has 4 heterocycles. The van der Waals surface area contributed by atoms with Crippen molar-refractivity contribution in [3.05, 3.63) is 40.8 Å². The largest absolute Gasteiger partial charge is 0.383 e. The summed E-state index contributed by atoms with van der Waals surface area (Å²) in [6.07, 6.45) is 3.05. The molecule has 38 heavy (non-hydrogen) atoms. The summed E-state index contributed by atoms with van der Waals surface area (Å²) in [4.78, 5) is 38.8. The first kappa shape index (κ1) is 26.1. The van der Waals surface area contributed by atoms with Crippen molar-refractivity contribution in [2.75, 3.05) is 41.3 Å². The summed E-state index contributed by atoms with van der Waals surface area (Å²) in [5, 5.41) is 20.1. The van der Waals surface area contributed by atoms with Crippen LogP contribution in [0, 0.1) is 5.92 Å². The molecular weight excluding hydrogens is 486 g/mol. The molecule has 0 saturated carbocycles. The Bertz CT molecular complexity index is 1350. The van der Waals surface area contributed by atoms with Crippen LogP contribution in [0.25, 0.3) is 10.9 Å². The highest BCUT2D eigenvalue weighted by Crippen LogP contribution is 2.29. The zero-order chi connectivity index (χ0) is 27.0. The van der Waals surface area contributed by atoms with Crippen LogP contribution in [0.15, 0.2) is 35.3 Å². The third-order valence-electron chi connectivity index (χ3n) is 7.17. The van der Waals surface area contributed by atoms with E-state index in [1.54, 1.807) is 13.8 Å². The van der Waals surface area contributed by atoms with E-state index >= 15 is 0 Å². The van der Waals surface area contributed by atoms with Crippen LogP contribution >= 0.6 is 0 Å². The predicted octanol–water partition coefficient (Wildman–Crippen LogP) is 2.63. The van der Waals surface area contributed by atoms with Crippen LogP contribution in [0.2, 0.25) is 0 Å². The zero-order valence-corrected chi connectivity index (χ0v) is 22.3. The molecule has 1 aromatic carbocycles. The number of H-pyrrole nitrogens is 1. The molecule has 2 aliphatic rings. The highest BCUT2D eigenvalue weighted by Gasteiger charge is 2.33. The molecule has 0 aliphatic carbocycles. The number of morpholine rings is 1. The quantitative estimate of drug-likeness (QED) is 0.444. The van der Waals surface area contributed by atoms with E-state index in [0.717, 1.165) is 24.5 Å². The zero-order valence-electron chi connectivity index (χ0n) is 22.3. The monoisotopic (exact) mass is 521 g/mol. The fourth-order valence-corrected chi connectivity index (χ4v) is 5.36. The van der Waals surface area contributed by atoms with Crippen LogP contribution in [0.5, 0.6) is 0 Å². The van der Waals surface area contributed by atoms with Crippen LogP contribution in [-0.2, 0) is 9.53 Å². The minimum atomic E-state index is -1.29. The summed E-state index contributed by atoms with van der Waals surface area (Å²) < 4.78 is 5.85. The normalized spacial score (nSPS) is 21.1. The molecule has 2 atom stereocenters.